The second kappa shape index (κ2) is 13.9. The minimum absolute atomic E-state index is 0.139. The summed E-state index contributed by atoms with van der Waals surface area (Å²) < 4.78 is 47.9. The van der Waals surface area contributed by atoms with E-state index in [0.717, 1.165) is 70.3 Å². The molecule has 2 saturated heterocycles. The van der Waals surface area contributed by atoms with Crippen molar-refractivity contribution in [2.24, 2.45) is 0 Å². The molecular formula is C32H43F3N4O2. The third-order valence-electron chi connectivity index (χ3n) is 8.77. The zero-order valence-corrected chi connectivity index (χ0v) is 24.3. The zero-order chi connectivity index (χ0) is 28.8. The Morgan fingerprint density at radius 1 is 0.805 bits per heavy atom. The van der Waals surface area contributed by atoms with Gasteiger partial charge in [0, 0.05) is 63.9 Å². The number of nitrogens with zero attached hydrogens (tertiary/aromatic N) is 4. The van der Waals surface area contributed by atoms with Crippen molar-refractivity contribution in [2.45, 2.75) is 65.0 Å². The van der Waals surface area contributed by atoms with Crippen molar-refractivity contribution in [2.75, 3.05) is 63.9 Å². The molecule has 5 rings (SSSR count). The van der Waals surface area contributed by atoms with Crippen LogP contribution in [0.15, 0.2) is 24.3 Å². The lowest BCUT2D eigenvalue weighted by atomic mass is 10.1. The van der Waals surface area contributed by atoms with Gasteiger partial charge in [-0.05, 0) is 81.9 Å². The first-order valence-electron chi connectivity index (χ1n) is 15.2. The van der Waals surface area contributed by atoms with Gasteiger partial charge >= 0.3 is 0 Å². The number of anilines is 1. The first-order valence-corrected chi connectivity index (χ1v) is 15.2. The molecular weight excluding hydrogens is 529 g/mol. The van der Waals surface area contributed by atoms with Crippen molar-refractivity contribution in [3.63, 3.8) is 0 Å². The smallest absolute Gasteiger partial charge is 0.223 e. The standard InChI is InChI=1S/C32H43F3N4O2/c1-24-31(34)28(33)21-29(32(24)35)38-17-15-37(16-18-38)11-4-2-3-8-30(40)39-22-25-9-10-27(20-26(25)23-39)41-19-7-14-36-12-5-6-13-36/h9-10,20-21H,2-8,11-19,22-23H2,1H3. The Kier molecular flexibility index (Phi) is 10.1. The number of rotatable bonds is 12. The van der Waals surface area contributed by atoms with E-state index in [1.165, 1.54) is 44.0 Å². The Morgan fingerprint density at radius 2 is 1.51 bits per heavy atom. The number of piperazine rings is 1. The zero-order valence-electron chi connectivity index (χ0n) is 24.3. The Balaban J connectivity index is 0.956. The second-order valence-electron chi connectivity index (χ2n) is 11.7. The molecule has 2 aromatic rings. The SMILES string of the molecule is Cc1c(F)c(F)cc(N2CCN(CCCCCC(=O)N3Cc4ccc(OCCCN5CCCC5)cc4C3)CC2)c1F. The summed E-state index contributed by atoms with van der Waals surface area (Å²) >= 11 is 0. The molecule has 3 heterocycles. The normalized spacial score (nSPS) is 17.9. The molecule has 0 spiro atoms. The molecule has 3 aliphatic rings. The maximum absolute atomic E-state index is 14.5. The molecule has 6 nitrogen and oxygen atoms in total. The molecule has 0 N–H and O–H groups in total. The van der Waals surface area contributed by atoms with Gasteiger partial charge in [0.2, 0.25) is 5.91 Å². The Bertz CT molecular complexity index is 1200. The average Bonchev–Trinajstić information content (AvgIpc) is 3.66. The predicted molar refractivity (Wildman–Crippen MR) is 155 cm³/mol. The van der Waals surface area contributed by atoms with Crippen LogP contribution in [0.4, 0.5) is 18.9 Å². The molecule has 1 amide bonds. The number of carbonyl (C=O) groups excluding carboxylic acids is 1. The van der Waals surface area contributed by atoms with E-state index < -0.39 is 17.5 Å². The monoisotopic (exact) mass is 572 g/mol. The van der Waals surface area contributed by atoms with E-state index in [1.807, 2.05) is 11.0 Å². The van der Waals surface area contributed by atoms with Crippen molar-refractivity contribution in [3.05, 3.63) is 58.4 Å². The quantitative estimate of drug-likeness (QED) is 0.248. The minimum Gasteiger partial charge on any atom is -0.494 e. The molecule has 0 aliphatic carbocycles. The van der Waals surface area contributed by atoms with Gasteiger partial charge in [-0.25, -0.2) is 13.2 Å². The van der Waals surface area contributed by atoms with E-state index >= 15 is 0 Å². The molecule has 0 radical (unpaired) electrons. The molecule has 2 aromatic carbocycles. The fourth-order valence-corrected chi connectivity index (χ4v) is 6.22. The highest BCUT2D eigenvalue weighted by Gasteiger charge is 2.25. The van der Waals surface area contributed by atoms with Crippen LogP contribution in [0.2, 0.25) is 0 Å². The van der Waals surface area contributed by atoms with Crippen molar-refractivity contribution >= 4 is 11.6 Å². The summed E-state index contributed by atoms with van der Waals surface area (Å²) in [5, 5.41) is 0. The molecule has 0 saturated carbocycles. The number of hydrogen-bond acceptors (Lipinski definition) is 5. The van der Waals surface area contributed by atoms with E-state index in [2.05, 4.69) is 21.9 Å². The van der Waals surface area contributed by atoms with E-state index in [1.54, 1.807) is 4.90 Å². The first-order chi connectivity index (χ1) is 19.9. The number of fused-ring (bicyclic) bond motifs is 1. The molecule has 224 valence electrons. The van der Waals surface area contributed by atoms with Gasteiger partial charge in [-0.15, -0.1) is 0 Å². The predicted octanol–water partition coefficient (Wildman–Crippen LogP) is 5.50. The minimum atomic E-state index is -1.12. The molecule has 9 heteroatoms. The van der Waals surface area contributed by atoms with Gasteiger partial charge in [0.05, 0.1) is 12.3 Å². The number of ether oxygens (including phenoxy) is 1. The first kappa shape index (κ1) is 29.7. The van der Waals surface area contributed by atoms with Gasteiger partial charge in [0.1, 0.15) is 5.75 Å². The molecule has 0 unspecified atom stereocenters. The summed E-state index contributed by atoms with van der Waals surface area (Å²) in [7, 11) is 0. The lowest BCUT2D eigenvalue weighted by Gasteiger charge is -2.36. The van der Waals surface area contributed by atoms with Crippen molar-refractivity contribution < 1.29 is 22.7 Å². The summed E-state index contributed by atoms with van der Waals surface area (Å²) in [5.74, 6) is -1.71. The number of likely N-dealkylation sites (tertiary alicyclic amines) is 1. The third kappa shape index (κ3) is 7.55. The summed E-state index contributed by atoms with van der Waals surface area (Å²) in [6.07, 6.45) is 7.04. The van der Waals surface area contributed by atoms with E-state index in [4.69, 9.17) is 4.74 Å². The molecule has 0 atom stereocenters. The van der Waals surface area contributed by atoms with Crippen LogP contribution in [0, 0.1) is 24.4 Å². The molecule has 3 aliphatic heterocycles. The van der Waals surface area contributed by atoms with Gasteiger partial charge in [0.25, 0.3) is 0 Å². The maximum atomic E-state index is 14.5. The molecule has 2 fully saturated rings. The highest BCUT2D eigenvalue weighted by atomic mass is 19.2. The fourth-order valence-electron chi connectivity index (χ4n) is 6.22. The van der Waals surface area contributed by atoms with Crippen LogP contribution < -0.4 is 9.64 Å². The van der Waals surface area contributed by atoms with Crippen LogP contribution in [0.3, 0.4) is 0 Å². The topological polar surface area (TPSA) is 39.3 Å². The number of hydrogen-bond donors (Lipinski definition) is 0. The summed E-state index contributed by atoms with van der Waals surface area (Å²) in [5.41, 5.74) is 2.26. The number of halogens is 3. The average molecular weight is 573 g/mol. The highest BCUT2D eigenvalue weighted by molar-refractivity contribution is 5.77. The molecule has 0 aromatic heterocycles. The van der Waals surface area contributed by atoms with Crippen molar-refractivity contribution in [3.8, 4) is 5.75 Å². The Hall–Kier alpha value is -2.78. The van der Waals surface area contributed by atoms with E-state index in [-0.39, 0.29) is 17.2 Å². The number of carbonyl (C=O) groups is 1. The Morgan fingerprint density at radius 3 is 2.29 bits per heavy atom. The highest BCUT2D eigenvalue weighted by Crippen LogP contribution is 2.29. The largest absolute Gasteiger partial charge is 0.494 e. The van der Waals surface area contributed by atoms with E-state index in [0.29, 0.717) is 32.6 Å². The Labute approximate surface area is 242 Å². The number of benzene rings is 2. The van der Waals surface area contributed by atoms with Crippen LogP contribution in [-0.4, -0.2) is 79.6 Å². The van der Waals surface area contributed by atoms with Gasteiger partial charge in [-0.3, -0.25) is 9.69 Å². The summed E-state index contributed by atoms with van der Waals surface area (Å²) in [6, 6.07) is 7.19. The van der Waals surface area contributed by atoms with Crippen LogP contribution in [0.1, 0.15) is 61.6 Å². The number of unbranched alkanes of at least 4 members (excludes halogenated alkanes) is 2. The fraction of sp³-hybridized carbons (Fsp3) is 0.594. The van der Waals surface area contributed by atoms with Crippen LogP contribution in [0.5, 0.6) is 5.75 Å². The van der Waals surface area contributed by atoms with Gasteiger partial charge in [0.15, 0.2) is 17.5 Å². The van der Waals surface area contributed by atoms with Crippen molar-refractivity contribution in [1.29, 1.82) is 0 Å². The summed E-state index contributed by atoms with van der Waals surface area (Å²) in [4.78, 5) is 21.4. The van der Waals surface area contributed by atoms with E-state index in [9.17, 15) is 18.0 Å². The van der Waals surface area contributed by atoms with Crippen LogP contribution in [-0.2, 0) is 17.9 Å². The van der Waals surface area contributed by atoms with Crippen molar-refractivity contribution in [1.82, 2.24) is 14.7 Å². The lowest BCUT2D eigenvalue weighted by Crippen LogP contribution is -2.47. The van der Waals surface area contributed by atoms with Gasteiger partial charge < -0.3 is 19.4 Å². The number of amides is 1. The third-order valence-corrected chi connectivity index (χ3v) is 8.77. The maximum Gasteiger partial charge on any atom is 0.223 e. The van der Waals surface area contributed by atoms with Crippen LogP contribution >= 0.6 is 0 Å². The van der Waals surface area contributed by atoms with Crippen LogP contribution in [0.25, 0.3) is 0 Å². The summed E-state index contributed by atoms with van der Waals surface area (Å²) in [6.45, 7) is 10.4. The molecule has 0 bridgehead atoms. The van der Waals surface area contributed by atoms with Gasteiger partial charge in [-0.1, -0.05) is 12.5 Å². The second-order valence-corrected chi connectivity index (χ2v) is 11.7. The van der Waals surface area contributed by atoms with Gasteiger partial charge in [-0.2, -0.15) is 0 Å². The molecule has 41 heavy (non-hydrogen) atoms. The lowest BCUT2D eigenvalue weighted by molar-refractivity contribution is -0.131.